The van der Waals surface area contributed by atoms with E-state index in [4.69, 9.17) is 5.11 Å². The first-order valence-electron chi connectivity index (χ1n) is 5.48. The molecule has 0 spiro atoms. The van der Waals surface area contributed by atoms with Gasteiger partial charge in [-0.1, -0.05) is 19.1 Å². The molecule has 0 atom stereocenters. The fraction of sp³-hybridized carbons (Fsp3) is 0.700. The Labute approximate surface area is 94.9 Å². The molecule has 0 amide bonds. The molecule has 0 bridgehead atoms. The van der Waals surface area contributed by atoms with Crippen molar-refractivity contribution in [3.05, 3.63) is 11.9 Å². The maximum absolute atomic E-state index is 10.5. The van der Waals surface area contributed by atoms with Crippen molar-refractivity contribution in [3.8, 4) is 0 Å². The minimum Gasteiger partial charge on any atom is -0.481 e. The van der Waals surface area contributed by atoms with E-state index in [1.54, 1.807) is 10.9 Å². The van der Waals surface area contributed by atoms with Gasteiger partial charge in [0.05, 0.1) is 18.7 Å². The minimum atomic E-state index is -0.879. The lowest BCUT2D eigenvalue weighted by Gasteiger charge is -2.17. The predicted octanol–water partition coefficient (Wildman–Crippen LogP) is 0.247. The third-order valence-corrected chi connectivity index (χ3v) is 2.46. The highest BCUT2D eigenvalue weighted by molar-refractivity contribution is 5.69. The van der Waals surface area contributed by atoms with Gasteiger partial charge in [0.15, 0.2) is 0 Å². The first kappa shape index (κ1) is 12.6. The zero-order valence-electron chi connectivity index (χ0n) is 9.76. The second-order valence-corrected chi connectivity index (χ2v) is 3.57. The lowest BCUT2D eigenvalue weighted by atomic mass is 10.3. The van der Waals surface area contributed by atoms with E-state index in [0.717, 1.165) is 26.2 Å². The zero-order valence-corrected chi connectivity index (χ0v) is 9.76. The van der Waals surface area contributed by atoms with E-state index in [2.05, 4.69) is 29.1 Å². The van der Waals surface area contributed by atoms with Gasteiger partial charge in [-0.15, -0.1) is 5.10 Å². The summed E-state index contributed by atoms with van der Waals surface area (Å²) in [7, 11) is 0. The maximum atomic E-state index is 10.5. The van der Waals surface area contributed by atoms with E-state index >= 15 is 0 Å². The second-order valence-electron chi connectivity index (χ2n) is 3.57. The van der Waals surface area contributed by atoms with Gasteiger partial charge in [0.1, 0.15) is 0 Å². The van der Waals surface area contributed by atoms with Crippen molar-refractivity contribution in [2.24, 2.45) is 0 Å². The average Bonchev–Trinajstić information content (AvgIpc) is 2.66. The molecular weight excluding hydrogens is 208 g/mol. The summed E-state index contributed by atoms with van der Waals surface area (Å²) in [6, 6.07) is 0. The lowest BCUT2D eigenvalue weighted by molar-refractivity contribution is -0.136. The third kappa shape index (κ3) is 3.98. The van der Waals surface area contributed by atoms with Gasteiger partial charge in [0.25, 0.3) is 0 Å². The Balaban J connectivity index is 2.42. The number of carboxylic acids is 1. The smallest absolute Gasteiger partial charge is 0.309 e. The highest BCUT2D eigenvalue weighted by atomic mass is 16.4. The topological polar surface area (TPSA) is 71.2 Å². The number of carbonyl (C=O) groups is 1. The fourth-order valence-electron chi connectivity index (χ4n) is 1.47. The lowest BCUT2D eigenvalue weighted by Crippen LogP contribution is -2.27. The molecule has 1 heterocycles. The van der Waals surface area contributed by atoms with E-state index in [-0.39, 0.29) is 6.42 Å². The van der Waals surface area contributed by atoms with Crippen molar-refractivity contribution >= 4 is 5.97 Å². The molecule has 0 saturated carbocycles. The van der Waals surface area contributed by atoms with Gasteiger partial charge in [-0.2, -0.15) is 0 Å². The molecule has 0 aliphatic carbocycles. The summed E-state index contributed by atoms with van der Waals surface area (Å²) >= 11 is 0. The molecule has 16 heavy (non-hydrogen) atoms. The van der Waals surface area contributed by atoms with Crippen LogP contribution >= 0.6 is 0 Å². The van der Waals surface area contributed by atoms with Crippen LogP contribution in [-0.2, 0) is 17.8 Å². The van der Waals surface area contributed by atoms with Crippen LogP contribution < -0.4 is 0 Å². The highest BCUT2D eigenvalue weighted by Gasteiger charge is 2.06. The van der Waals surface area contributed by atoms with Crippen molar-refractivity contribution in [1.82, 2.24) is 19.9 Å². The Morgan fingerprint density at radius 1 is 1.50 bits per heavy atom. The van der Waals surface area contributed by atoms with Crippen LogP contribution in [-0.4, -0.2) is 50.6 Å². The minimum absolute atomic E-state index is 0.0642. The van der Waals surface area contributed by atoms with Crippen LogP contribution in [0.15, 0.2) is 6.20 Å². The van der Waals surface area contributed by atoms with Crippen LogP contribution in [0.4, 0.5) is 0 Å². The first-order chi connectivity index (χ1) is 7.65. The first-order valence-corrected chi connectivity index (χ1v) is 5.48. The molecule has 0 aromatic carbocycles. The van der Waals surface area contributed by atoms with E-state index in [1.807, 2.05) is 0 Å². The molecule has 0 unspecified atom stereocenters. The summed E-state index contributed by atoms with van der Waals surface area (Å²) in [5.74, 6) is -0.879. The van der Waals surface area contributed by atoms with Gasteiger partial charge in [-0.05, 0) is 13.1 Å². The van der Waals surface area contributed by atoms with Crippen molar-refractivity contribution in [3.63, 3.8) is 0 Å². The van der Waals surface area contributed by atoms with Crippen molar-refractivity contribution in [2.75, 3.05) is 19.6 Å². The fourth-order valence-corrected chi connectivity index (χ4v) is 1.47. The van der Waals surface area contributed by atoms with Crippen LogP contribution in [0, 0.1) is 0 Å². The summed E-state index contributed by atoms with van der Waals surface area (Å²) in [4.78, 5) is 12.7. The molecule has 0 aliphatic rings. The molecule has 1 aromatic heterocycles. The van der Waals surface area contributed by atoms with E-state index in [1.165, 1.54) is 0 Å². The quantitative estimate of drug-likeness (QED) is 0.721. The molecule has 0 fully saturated rings. The molecule has 0 saturated heterocycles. The number of rotatable bonds is 7. The molecule has 1 aromatic rings. The van der Waals surface area contributed by atoms with Gasteiger partial charge in [-0.25, -0.2) is 0 Å². The Hall–Kier alpha value is -1.43. The Morgan fingerprint density at radius 3 is 2.75 bits per heavy atom. The molecule has 0 radical (unpaired) electrons. The van der Waals surface area contributed by atoms with Gasteiger partial charge < -0.3 is 10.0 Å². The SMILES string of the molecule is CCN(CC)CCn1cc(CC(=O)O)nn1. The average molecular weight is 226 g/mol. The Bertz CT molecular complexity index is 333. The zero-order chi connectivity index (χ0) is 12.0. The van der Waals surface area contributed by atoms with Gasteiger partial charge in [0, 0.05) is 12.7 Å². The Kier molecular flexibility index (Phi) is 4.91. The summed E-state index contributed by atoms with van der Waals surface area (Å²) < 4.78 is 1.69. The number of likely N-dealkylation sites (N-methyl/N-ethyl adjacent to an activating group) is 1. The molecule has 1 rings (SSSR count). The second kappa shape index (κ2) is 6.22. The van der Waals surface area contributed by atoms with Crippen LogP contribution in [0.25, 0.3) is 0 Å². The summed E-state index contributed by atoms with van der Waals surface area (Å²) in [6.07, 6.45) is 1.63. The Morgan fingerprint density at radius 2 is 2.19 bits per heavy atom. The van der Waals surface area contributed by atoms with Crippen molar-refractivity contribution < 1.29 is 9.90 Å². The summed E-state index contributed by atoms with van der Waals surface area (Å²) in [5, 5.41) is 16.3. The van der Waals surface area contributed by atoms with Gasteiger partial charge in [-0.3, -0.25) is 9.48 Å². The van der Waals surface area contributed by atoms with Crippen LogP contribution in [0.5, 0.6) is 0 Å². The monoisotopic (exact) mass is 226 g/mol. The molecule has 6 heteroatoms. The number of nitrogens with zero attached hydrogens (tertiary/aromatic N) is 4. The molecule has 0 aliphatic heterocycles. The molecule has 90 valence electrons. The third-order valence-electron chi connectivity index (χ3n) is 2.46. The summed E-state index contributed by atoms with van der Waals surface area (Å²) in [5.41, 5.74) is 0.507. The van der Waals surface area contributed by atoms with Crippen LogP contribution in [0.2, 0.25) is 0 Å². The molecule has 1 N–H and O–H groups in total. The van der Waals surface area contributed by atoms with Crippen LogP contribution in [0.3, 0.4) is 0 Å². The number of aromatic nitrogens is 3. The molecule has 6 nitrogen and oxygen atoms in total. The van der Waals surface area contributed by atoms with Gasteiger partial charge >= 0.3 is 5.97 Å². The number of hydrogen-bond acceptors (Lipinski definition) is 4. The van der Waals surface area contributed by atoms with Crippen molar-refractivity contribution in [1.29, 1.82) is 0 Å². The predicted molar refractivity (Wildman–Crippen MR) is 59.1 cm³/mol. The van der Waals surface area contributed by atoms with E-state index in [9.17, 15) is 4.79 Å². The van der Waals surface area contributed by atoms with Crippen LogP contribution in [0.1, 0.15) is 19.5 Å². The number of hydrogen-bond donors (Lipinski definition) is 1. The van der Waals surface area contributed by atoms with Gasteiger partial charge in [0.2, 0.25) is 0 Å². The largest absolute Gasteiger partial charge is 0.481 e. The standard InChI is InChI=1S/C10H18N4O2/c1-3-13(4-2)5-6-14-8-9(11-12-14)7-10(15)16/h8H,3-7H2,1-2H3,(H,15,16). The van der Waals surface area contributed by atoms with E-state index < -0.39 is 5.97 Å². The normalized spacial score (nSPS) is 10.9. The molecular formula is C10H18N4O2. The van der Waals surface area contributed by atoms with E-state index in [0.29, 0.717) is 5.69 Å². The number of aliphatic carboxylic acids is 1. The van der Waals surface area contributed by atoms with Crippen molar-refractivity contribution in [2.45, 2.75) is 26.8 Å². The summed E-state index contributed by atoms with van der Waals surface area (Å²) in [6.45, 7) is 7.89. The number of carboxylic acid groups (broad SMARTS) is 1. The highest BCUT2D eigenvalue weighted by Crippen LogP contribution is 1.96. The maximum Gasteiger partial charge on any atom is 0.309 e.